The minimum atomic E-state index is 0.267. The average Bonchev–Trinajstić information content (AvgIpc) is 2.33. The number of benzene rings is 1. The van der Waals surface area contributed by atoms with Crippen molar-refractivity contribution in [2.45, 2.75) is 31.3 Å². The molecule has 1 aromatic rings. The second-order valence-corrected chi connectivity index (χ2v) is 6.74. The summed E-state index contributed by atoms with van der Waals surface area (Å²) in [6.45, 7) is 7.02. The van der Waals surface area contributed by atoms with Gasteiger partial charge in [0, 0.05) is 10.5 Å². The Morgan fingerprint density at radius 3 is 2.61 bits per heavy atom. The number of nitrogens with two attached hydrogens (primary N) is 1. The highest BCUT2D eigenvalue weighted by Crippen LogP contribution is 2.28. The molecular formula is C15H21NOS. The molecule has 0 heterocycles. The third kappa shape index (κ3) is 5.03. The van der Waals surface area contributed by atoms with Crippen LogP contribution in [0.4, 0.5) is 0 Å². The normalized spacial score (nSPS) is 10.7. The summed E-state index contributed by atoms with van der Waals surface area (Å²) in [5.74, 6) is 7.70. The van der Waals surface area contributed by atoms with Crippen LogP contribution >= 0.6 is 11.8 Å². The number of methoxy groups -OCH3 is 1. The maximum Gasteiger partial charge on any atom is 0.134 e. The summed E-state index contributed by atoms with van der Waals surface area (Å²) in [5.41, 5.74) is 7.58. The number of hydrogen-bond donors (Lipinski definition) is 1. The molecule has 2 N–H and O–H groups in total. The summed E-state index contributed by atoms with van der Waals surface area (Å²) in [6.07, 6.45) is 0. The highest BCUT2D eigenvalue weighted by atomic mass is 32.2. The van der Waals surface area contributed by atoms with Crippen LogP contribution in [-0.2, 0) is 5.75 Å². The van der Waals surface area contributed by atoms with Crippen LogP contribution in [0.1, 0.15) is 31.9 Å². The van der Waals surface area contributed by atoms with E-state index in [0.29, 0.717) is 6.54 Å². The lowest BCUT2D eigenvalue weighted by atomic mass is 10.1. The minimum absolute atomic E-state index is 0.267. The highest BCUT2D eigenvalue weighted by Gasteiger charge is 2.11. The zero-order valence-electron chi connectivity index (χ0n) is 11.5. The van der Waals surface area contributed by atoms with E-state index >= 15 is 0 Å². The van der Waals surface area contributed by atoms with Gasteiger partial charge >= 0.3 is 0 Å². The van der Waals surface area contributed by atoms with E-state index in [1.165, 1.54) is 5.56 Å². The lowest BCUT2D eigenvalue weighted by molar-refractivity contribution is 0.413. The fourth-order valence-corrected chi connectivity index (χ4v) is 2.17. The monoisotopic (exact) mass is 263 g/mol. The van der Waals surface area contributed by atoms with Gasteiger partial charge in [0.05, 0.1) is 19.2 Å². The third-order valence-corrected chi connectivity index (χ3v) is 3.60. The minimum Gasteiger partial charge on any atom is -0.495 e. The van der Waals surface area contributed by atoms with Gasteiger partial charge in [-0.3, -0.25) is 0 Å². The molecule has 98 valence electrons. The first-order valence-electron chi connectivity index (χ1n) is 5.96. The van der Waals surface area contributed by atoms with Gasteiger partial charge in [-0.25, -0.2) is 0 Å². The van der Waals surface area contributed by atoms with Crippen molar-refractivity contribution in [3.05, 3.63) is 29.3 Å². The molecule has 0 aliphatic carbocycles. The van der Waals surface area contributed by atoms with E-state index in [9.17, 15) is 0 Å². The standard InChI is InChI=1S/C15H21NOS/c1-15(2,3)18-11-12-7-8-14(17-4)13(10-12)6-5-9-16/h7-8,10H,9,11,16H2,1-4H3. The second-order valence-electron chi connectivity index (χ2n) is 4.94. The first-order chi connectivity index (χ1) is 8.46. The van der Waals surface area contributed by atoms with Crippen molar-refractivity contribution in [2.75, 3.05) is 13.7 Å². The summed E-state index contributed by atoms with van der Waals surface area (Å²) < 4.78 is 5.56. The molecule has 0 unspecified atom stereocenters. The summed E-state index contributed by atoms with van der Waals surface area (Å²) in [5, 5.41) is 0. The number of ether oxygens (including phenoxy) is 1. The van der Waals surface area contributed by atoms with E-state index in [4.69, 9.17) is 10.5 Å². The number of hydrogen-bond acceptors (Lipinski definition) is 3. The van der Waals surface area contributed by atoms with Gasteiger partial charge in [0.15, 0.2) is 0 Å². The molecule has 0 atom stereocenters. The third-order valence-electron chi connectivity index (χ3n) is 2.26. The Hall–Kier alpha value is -1.11. The summed E-state index contributed by atoms with van der Waals surface area (Å²) in [4.78, 5) is 0. The molecule has 0 aromatic heterocycles. The molecule has 0 bridgehead atoms. The molecule has 0 aliphatic rings. The summed E-state index contributed by atoms with van der Waals surface area (Å²) in [6, 6.07) is 6.14. The van der Waals surface area contributed by atoms with Crippen LogP contribution in [0.3, 0.4) is 0 Å². The fourth-order valence-electron chi connectivity index (χ4n) is 1.39. The van der Waals surface area contributed by atoms with Gasteiger partial charge in [0.25, 0.3) is 0 Å². The van der Waals surface area contributed by atoms with Crippen molar-refractivity contribution in [2.24, 2.45) is 5.73 Å². The molecule has 2 nitrogen and oxygen atoms in total. The largest absolute Gasteiger partial charge is 0.495 e. The molecule has 1 rings (SSSR count). The van der Waals surface area contributed by atoms with E-state index in [2.05, 4.69) is 44.7 Å². The van der Waals surface area contributed by atoms with E-state index in [1.807, 2.05) is 17.8 Å². The molecule has 3 heteroatoms. The van der Waals surface area contributed by atoms with Gasteiger partial charge in [-0.1, -0.05) is 38.7 Å². The molecule has 0 spiro atoms. The van der Waals surface area contributed by atoms with Crippen LogP contribution in [0.25, 0.3) is 0 Å². The van der Waals surface area contributed by atoms with Gasteiger partial charge in [-0.15, -0.1) is 0 Å². The Labute approximate surface area is 114 Å². The fraction of sp³-hybridized carbons (Fsp3) is 0.467. The van der Waals surface area contributed by atoms with Crippen LogP contribution in [-0.4, -0.2) is 18.4 Å². The average molecular weight is 263 g/mol. The zero-order chi connectivity index (χ0) is 13.6. The molecule has 0 saturated heterocycles. The van der Waals surface area contributed by atoms with E-state index < -0.39 is 0 Å². The molecule has 0 fully saturated rings. The highest BCUT2D eigenvalue weighted by molar-refractivity contribution is 7.99. The van der Waals surface area contributed by atoms with Crippen LogP contribution in [0.5, 0.6) is 5.75 Å². The van der Waals surface area contributed by atoms with Gasteiger partial charge in [-0.2, -0.15) is 11.8 Å². The van der Waals surface area contributed by atoms with Crippen molar-refractivity contribution >= 4 is 11.8 Å². The molecule has 18 heavy (non-hydrogen) atoms. The van der Waals surface area contributed by atoms with E-state index in [-0.39, 0.29) is 4.75 Å². The predicted octanol–water partition coefficient (Wildman–Crippen LogP) is 3.04. The summed E-state index contributed by atoms with van der Waals surface area (Å²) >= 11 is 1.92. The van der Waals surface area contributed by atoms with Crippen molar-refractivity contribution in [3.63, 3.8) is 0 Å². The van der Waals surface area contributed by atoms with Gasteiger partial charge in [0.1, 0.15) is 5.75 Å². The first-order valence-corrected chi connectivity index (χ1v) is 6.94. The maximum atomic E-state index is 5.40. The Balaban J connectivity index is 2.89. The smallest absolute Gasteiger partial charge is 0.134 e. The quantitative estimate of drug-likeness (QED) is 0.851. The Kier molecular flexibility index (Phi) is 5.58. The van der Waals surface area contributed by atoms with Gasteiger partial charge in [-0.05, 0) is 17.7 Å². The number of rotatable bonds is 3. The van der Waals surface area contributed by atoms with Crippen LogP contribution < -0.4 is 10.5 Å². The van der Waals surface area contributed by atoms with Crippen molar-refractivity contribution in [1.82, 2.24) is 0 Å². The van der Waals surface area contributed by atoms with Crippen LogP contribution in [0.15, 0.2) is 18.2 Å². The maximum absolute atomic E-state index is 5.40. The lowest BCUT2D eigenvalue weighted by Crippen LogP contribution is -2.07. The molecule has 0 amide bonds. The second kappa shape index (κ2) is 6.72. The molecular weight excluding hydrogens is 242 g/mol. The van der Waals surface area contributed by atoms with E-state index in [0.717, 1.165) is 17.1 Å². The zero-order valence-corrected chi connectivity index (χ0v) is 12.4. The molecule has 1 aromatic carbocycles. The van der Waals surface area contributed by atoms with Crippen LogP contribution in [0.2, 0.25) is 0 Å². The summed E-state index contributed by atoms with van der Waals surface area (Å²) in [7, 11) is 1.66. The molecule has 0 saturated carbocycles. The Bertz CT molecular complexity index is 452. The Morgan fingerprint density at radius 2 is 2.06 bits per heavy atom. The topological polar surface area (TPSA) is 35.2 Å². The van der Waals surface area contributed by atoms with Crippen molar-refractivity contribution in [3.8, 4) is 17.6 Å². The molecule has 0 radical (unpaired) electrons. The van der Waals surface area contributed by atoms with Crippen molar-refractivity contribution in [1.29, 1.82) is 0 Å². The number of thioether (sulfide) groups is 1. The van der Waals surface area contributed by atoms with Gasteiger partial charge in [0.2, 0.25) is 0 Å². The Morgan fingerprint density at radius 1 is 1.33 bits per heavy atom. The lowest BCUT2D eigenvalue weighted by Gasteiger charge is -2.17. The van der Waals surface area contributed by atoms with Crippen molar-refractivity contribution < 1.29 is 4.74 Å². The SMILES string of the molecule is COc1ccc(CSC(C)(C)C)cc1C#CCN. The predicted molar refractivity (Wildman–Crippen MR) is 80.0 cm³/mol. The van der Waals surface area contributed by atoms with E-state index in [1.54, 1.807) is 7.11 Å². The first kappa shape index (κ1) is 14.9. The molecule has 0 aliphatic heterocycles. The van der Waals surface area contributed by atoms with Crippen LogP contribution in [0, 0.1) is 11.8 Å². The van der Waals surface area contributed by atoms with Gasteiger partial charge < -0.3 is 10.5 Å².